The van der Waals surface area contributed by atoms with Gasteiger partial charge in [-0.2, -0.15) is 8.42 Å². The Morgan fingerprint density at radius 2 is 1.16 bits per heavy atom. The molecule has 3 atom stereocenters. The summed E-state index contributed by atoms with van der Waals surface area (Å²) in [7, 11) is -4.44. The van der Waals surface area contributed by atoms with Crippen LogP contribution in [0.25, 0.3) is 0 Å². The second-order valence-corrected chi connectivity index (χ2v) is 13.4. The average molecular weight is 640 g/mol. The summed E-state index contributed by atoms with van der Waals surface area (Å²) in [5, 5.41) is 23.1. The smallest absolute Gasteiger partial charge is 0.267 e. The van der Waals surface area contributed by atoms with Crippen molar-refractivity contribution in [2.45, 2.75) is 167 Å². The lowest BCUT2D eigenvalue weighted by molar-refractivity contribution is -0.130. The third-order valence-corrected chi connectivity index (χ3v) is 8.36. The van der Waals surface area contributed by atoms with Gasteiger partial charge in [0.05, 0.1) is 17.9 Å². The molecule has 0 aliphatic heterocycles. The van der Waals surface area contributed by atoms with Crippen LogP contribution in [0.15, 0.2) is 48.6 Å². The molecule has 0 aliphatic rings. The van der Waals surface area contributed by atoms with E-state index in [1.165, 1.54) is 70.3 Å². The lowest BCUT2D eigenvalue weighted by Gasteiger charge is -2.22. The highest BCUT2D eigenvalue weighted by Gasteiger charge is 2.27. The Labute approximate surface area is 270 Å². The SMILES string of the molecule is CC/C=C\C/C=C\CCCCCCCCCCCCCCCC(O)C(=O)NC(CS(=O)(=O)O)C(O)/C=C/CC/C=C/CCC. The molecule has 0 rings (SSSR count). The number of aliphatic hydroxyl groups excluding tert-OH is 2. The molecule has 1 amide bonds. The van der Waals surface area contributed by atoms with Gasteiger partial charge in [0.25, 0.3) is 10.1 Å². The number of rotatable bonds is 30. The van der Waals surface area contributed by atoms with Crippen LogP contribution in [0.2, 0.25) is 0 Å². The first-order valence-corrected chi connectivity index (χ1v) is 19.1. The van der Waals surface area contributed by atoms with E-state index < -0.39 is 40.0 Å². The van der Waals surface area contributed by atoms with E-state index in [1.54, 1.807) is 6.08 Å². The van der Waals surface area contributed by atoms with E-state index in [-0.39, 0.29) is 6.42 Å². The number of allylic oxidation sites excluding steroid dienone is 7. The fourth-order valence-electron chi connectivity index (χ4n) is 4.93. The Morgan fingerprint density at radius 1 is 0.659 bits per heavy atom. The number of carbonyl (C=O) groups is 1. The maximum absolute atomic E-state index is 12.5. The second-order valence-electron chi connectivity index (χ2n) is 11.9. The Balaban J connectivity index is 3.96. The van der Waals surface area contributed by atoms with Crippen LogP contribution >= 0.6 is 0 Å². The lowest BCUT2D eigenvalue weighted by atomic mass is 10.0. The molecule has 0 saturated carbocycles. The topological polar surface area (TPSA) is 124 Å². The van der Waals surface area contributed by atoms with Crippen molar-refractivity contribution in [3.63, 3.8) is 0 Å². The fraction of sp³-hybridized carbons (Fsp3) is 0.750. The zero-order valence-electron chi connectivity index (χ0n) is 27.9. The van der Waals surface area contributed by atoms with Gasteiger partial charge in [0, 0.05) is 0 Å². The third-order valence-electron chi connectivity index (χ3n) is 7.58. The van der Waals surface area contributed by atoms with Gasteiger partial charge < -0.3 is 15.5 Å². The Kier molecular flexibility index (Phi) is 28.8. The predicted octanol–water partition coefficient (Wildman–Crippen LogP) is 8.54. The molecular formula is C36H65NO6S. The molecule has 0 aromatic carbocycles. The van der Waals surface area contributed by atoms with Crippen molar-refractivity contribution in [2.75, 3.05) is 5.75 Å². The van der Waals surface area contributed by atoms with Crippen molar-refractivity contribution in [3.05, 3.63) is 48.6 Å². The highest BCUT2D eigenvalue weighted by Crippen LogP contribution is 2.14. The van der Waals surface area contributed by atoms with Gasteiger partial charge in [-0.05, 0) is 51.4 Å². The first-order valence-electron chi connectivity index (χ1n) is 17.4. The van der Waals surface area contributed by atoms with E-state index in [0.29, 0.717) is 12.8 Å². The van der Waals surface area contributed by atoms with Gasteiger partial charge in [0.15, 0.2) is 0 Å². The van der Waals surface area contributed by atoms with Gasteiger partial charge in [0.1, 0.15) is 6.10 Å². The number of unbranched alkanes of at least 4 members (excludes halogenated alkanes) is 15. The second kappa shape index (κ2) is 29.9. The van der Waals surface area contributed by atoms with Crippen LogP contribution in [0, 0.1) is 0 Å². The minimum atomic E-state index is -4.44. The molecule has 0 bridgehead atoms. The standard InChI is InChI=1S/C36H65NO6S/c1-3-5-7-9-11-12-13-14-15-16-17-18-19-20-21-22-23-25-27-29-31-35(39)36(40)37-33(32-44(41,42)43)34(38)30-28-26-24-10-8-6-4-2/h5,7-8,10-12,28,30,33-35,38-39H,3-4,6,9,13-27,29,31-32H2,1-2H3,(H,37,40)(H,41,42,43)/b7-5-,10-8+,12-11-,30-28+. The molecule has 7 nitrogen and oxygen atoms in total. The van der Waals surface area contributed by atoms with Crippen LogP contribution in [0.1, 0.15) is 149 Å². The van der Waals surface area contributed by atoms with Crippen molar-refractivity contribution >= 4 is 16.0 Å². The third kappa shape index (κ3) is 29.0. The van der Waals surface area contributed by atoms with Crippen molar-refractivity contribution in [2.24, 2.45) is 0 Å². The van der Waals surface area contributed by atoms with Crippen LogP contribution in [-0.2, 0) is 14.9 Å². The Morgan fingerprint density at radius 3 is 1.73 bits per heavy atom. The van der Waals surface area contributed by atoms with Crippen LogP contribution in [0.4, 0.5) is 0 Å². The van der Waals surface area contributed by atoms with Gasteiger partial charge in [-0.3, -0.25) is 9.35 Å². The maximum Gasteiger partial charge on any atom is 0.267 e. The first kappa shape index (κ1) is 42.3. The van der Waals surface area contributed by atoms with E-state index in [0.717, 1.165) is 51.4 Å². The molecule has 0 heterocycles. The summed E-state index contributed by atoms with van der Waals surface area (Å²) in [6.45, 7) is 4.26. The maximum atomic E-state index is 12.5. The summed E-state index contributed by atoms with van der Waals surface area (Å²) in [5.74, 6) is -1.57. The number of hydrogen-bond acceptors (Lipinski definition) is 5. The molecule has 0 fully saturated rings. The van der Waals surface area contributed by atoms with Crippen molar-refractivity contribution in [3.8, 4) is 0 Å². The molecule has 44 heavy (non-hydrogen) atoms. The number of hydrogen-bond donors (Lipinski definition) is 4. The Hall–Kier alpha value is -1.74. The van der Waals surface area contributed by atoms with Gasteiger partial charge in [0.2, 0.25) is 5.91 Å². The summed E-state index contributed by atoms with van der Waals surface area (Å²) in [6.07, 6.45) is 36.4. The van der Waals surface area contributed by atoms with Gasteiger partial charge in [-0.25, -0.2) is 0 Å². The van der Waals surface area contributed by atoms with Gasteiger partial charge in [-0.15, -0.1) is 0 Å². The van der Waals surface area contributed by atoms with Crippen LogP contribution in [0.5, 0.6) is 0 Å². The van der Waals surface area contributed by atoms with Crippen LogP contribution < -0.4 is 5.32 Å². The number of carbonyl (C=O) groups excluding carboxylic acids is 1. The minimum absolute atomic E-state index is 0.271. The fourth-order valence-corrected chi connectivity index (χ4v) is 5.66. The summed E-state index contributed by atoms with van der Waals surface area (Å²) in [5.41, 5.74) is 0. The van der Waals surface area contributed by atoms with E-state index >= 15 is 0 Å². The number of amides is 1. The quantitative estimate of drug-likeness (QED) is 0.0355. The largest absolute Gasteiger partial charge is 0.387 e. The summed E-state index contributed by atoms with van der Waals surface area (Å²) in [6, 6.07) is -1.25. The lowest BCUT2D eigenvalue weighted by Crippen LogP contribution is -2.50. The normalized spacial score (nSPS) is 14.8. The molecule has 0 radical (unpaired) electrons. The molecule has 256 valence electrons. The zero-order chi connectivity index (χ0) is 32.7. The number of nitrogens with one attached hydrogen (secondary N) is 1. The van der Waals surface area contributed by atoms with E-state index in [1.807, 2.05) is 6.08 Å². The van der Waals surface area contributed by atoms with Crippen LogP contribution in [-0.4, -0.2) is 53.1 Å². The molecule has 0 aliphatic carbocycles. The average Bonchev–Trinajstić information content (AvgIpc) is 2.98. The zero-order valence-corrected chi connectivity index (χ0v) is 28.7. The van der Waals surface area contributed by atoms with E-state index in [9.17, 15) is 28.0 Å². The number of aliphatic hydroxyl groups is 2. The van der Waals surface area contributed by atoms with Crippen molar-refractivity contribution in [1.29, 1.82) is 0 Å². The molecule has 0 aromatic heterocycles. The van der Waals surface area contributed by atoms with Gasteiger partial charge >= 0.3 is 0 Å². The predicted molar refractivity (Wildman–Crippen MR) is 185 cm³/mol. The first-order chi connectivity index (χ1) is 21.2. The van der Waals surface area contributed by atoms with Gasteiger partial charge in [-0.1, -0.05) is 146 Å². The Bertz CT molecular complexity index is 896. The summed E-state index contributed by atoms with van der Waals surface area (Å²) < 4.78 is 32.1. The molecule has 3 unspecified atom stereocenters. The van der Waals surface area contributed by atoms with E-state index in [4.69, 9.17) is 0 Å². The highest BCUT2D eigenvalue weighted by molar-refractivity contribution is 7.85. The molecule has 0 spiro atoms. The molecule has 8 heteroatoms. The summed E-state index contributed by atoms with van der Waals surface area (Å²) in [4.78, 5) is 12.5. The molecule has 0 aromatic rings. The van der Waals surface area contributed by atoms with Crippen molar-refractivity contribution < 1.29 is 28.0 Å². The molecular weight excluding hydrogens is 574 g/mol. The van der Waals surface area contributed by atoms with E-state index in [2.05, 4.69) is 49.5 Å². The molecule has 4 N–H and O–H groups in total. The van der Waals surface area contributed by atoms with Crippen LogP contribution in [0.3, 0.4) is 0 Å². The van der Waals surface area contributed by atoms with Crippen molar-refractivity contribution in [1.82, 2.24) is 5.32 Å². The molecule has 0 saturated heterocycles. The highest BCUT2D eigenvalue weighted by atomic mass is 32.2. The summed E-state index contributed by atoms with van der Waals surface area (Å²) >= 11 is 0. The minimum Gasteiger partial charge on any atom is -0.387 e. The monoisotopic (exact) mass is 639 g/mol.